The van der Waals surface area contributed by atoms with Gasteiger partial charge in [-0.2, -0.15) is 0 Å². The minimum absolute atomic E-state index is 0.000292. The molecule has 4 N–H and O–H groups in total. The molecule has 3 aromatic carbocycles. The molecule has 4 aromatic rings. The molecular weight excluding hydrogens is 677 g/mol. The lowest BCUT2D eigenvalue weighted by Crippen LogP contribution is -2.34. The molecule has 1 aromatic heterocycles. The fourth-order valence-electron chi connectivity index (χ4n) is 5.44. The fraction of sp³-hybridized carbons (Fsp3) is 0.324. The van der Waals surface area contributed by atoms with E-state index < -0.39 is 39.9 Å². The summed E-state index contributed by atoms with van der Waals surface area (Å²) in [6, 6.07) is 16.9. The second-order valence-corrected chi connectivity index (χ2v) is 13.4. The number of rotatable bonds is 17. The van der Waals surface area contributed by atoms with Crippen molar-refractivity contribution >= 4 is 44.6 Å². The van der Waals surface area contributed by atoms with Gasteiger partial charge in [0.1, 0.15) is 17.2 Å². The van der Waals surface area contributed by atoms with Gasteiger partial charge in [-0.3, -0.25) is 24.4 Å². The lowest BCUT2D eigenvalue weighted by Gasteiger charge is -2.25. The smallest absolute Gasteiger partial charge is 0.411 e. The highest BCUT2D eigenvalue weighted by atomic mass is 32.2. The second-order valence-electron chi connectivity index (χ2n) is 11.5. The zero-order valence-electron chi connectivity index (χ0n) is 27.0. The van der Waals surface area contributed by atoms with E-state index in [1.54, 1.807) is 41.9 Å². The largest absolute Gasteiger partial charge is 0.465 e. The summed E-state index contributed by atoms with van der Waals surface area (Å²) in [5.74, 6) is -2.18. The minimum atomic E-state index is -3.84. The Balaban J connectivity index is 1.26. The number of amides is 3. The minimum Gasteiger partial charge on any atom is -0.465 e. The molecule has 1 saturated carbocycles. The van der Waals surface area contributed by atoms with E-state index in [2.05, 4.69) is 0 Å². The van der Waals surface area contributed by atoms with E-state index >= 15 is 0 Å². The Labute approximate surface area is 286 Å². The van der Waals surface area contributed by atoms with Crippen LogP contribution in [-0.4, -0.2) is 82.5 Å². The van der Waals surface area contributed by atoms with Crippen LogP contribution in [0.4, 0.5) is 14.9 Å². The molecule has 0 bridgehead atoms. The van der Waals surface area contributed by atoms with Crippen LogP contribution < -0.4 is 15.1 Å². The van der Waals surface area contributed by atoms with Crippen molar-refractivity contribution in [1.82, 2.24) is 10.8 Å². The topological polar surface area (TPSA) is 194 Å². The maximum absolute atomic E-state index is 13.7. The Morgan fingerprint density at radius 3 is 2.26 bits per heavy atom. The Bertz CT molecular complexity index is 1930. The molecule has 1 atom stereocenters. The average molecular weight is 714 g/mol. The zero-order chi connectivity index (χ0) is 35.8. The lowest BCUT2D eigenvalue weighted by atomic mass is 10.0. The monoisotopic (exact) mass is 713 g/mol. The number of carboxylic acid groups (broad SMARTS) is 1. The van der Waals surface area contributed by atoms with Crippen LogP contribution in [0.5, 0.6) is 0 Å². The van der Waals surface area contributed by atoms with E-state index in [9.17, 15) is 32.3 Å². The number of fused-ring (bicyclic) bond motifs is 1. The van der Waals surface area contributed by atoms with Crippen LogP contribution in [0.1, 0.15) is 46.3 Å². The second kappa shape index (κ2) is 16.2. The van der Waals surface area contributed by atoms with Crippen LogP contribution in [0.3, 0.4) is 0 Å². The first-order chi connectivity index (χ1) is 24.0. The quantitative estimate of drug-likeness (QED) is 0.0680. The first-order valence-corrected chi connectivity index (χ1v) is 17.5. The number of halogens is 1. The van der Waals surface area contributed by atoms with Crippen molar-refractivity contribution < 1.29 is 56.1 Å². The molecular formula is C34H36FN3O11S. The third kappa shape index (κ3) is 9.02. The lowest BCUT2D eigenvalue weighted by molar-refractivity contribution is -0.143. The highest BCUT2D eigenvalue weighted by Crippen LogP contribution is 2.48. The van der Waals surface area contributed by atoms with Gasteiger partial charge in [-0.05, 0) is 60.2 Å². The van der Waals surface area contributed by atoms with Crippen molar-refractivity contribution in [2.45, 2.75) is 24.9 Å². The molecule has 1 aliphatic rings. The van der Waals surface area contributed by atoms with Crippen LogP contribution in [0.15, 0.2) is 71.1 Å². The van der Waals surface area contributed by atoms with Crippen LogP contribution in [0.25, 0.3) is 22.3 Å². The molecule has 0 saturated heterocycles. The number of carbonyl (C=O) groups excluding carboxylic acids is 2. The Kier molecular flexibility index (Phi) is 11.8. The molecule has 0 aliphatic heterocycles. The van der Waals surface area contributed by atoms with Gasteiger partial charge in [0, 0.05) is 17.0 Å². The van der Waals surface area contributed by atoms with Crippen molar-refractivity contribution in [3.05, 3.63) is 89.2 Å². The maximum atomic E-state index is 13.7. The number of anilines is 1. The number of imide groups is 1. The Hall–Kier alpha value is -4.87. The van der Waals surface area contributed by atoms with Crippen LogP contribution in [0.2, 0.25) is 0 Å². The third-order valence-corrected chi connectivity index (χ3v) is 9.03. The van der Waals surface area contributed by atoms with E-state index in [1.807, 2.05) is 5.32 Å². The van der Waals surface area contributed by atoms with Crippen LogP contribution in [-0.2, 0) is 29.0 Å². The first-order valence-electron chi connectivity index (χ1n) is 15.6. The highest BCUT2D eigenvalue weighted by molar-refractivity contribution is 7.92. The van der Waals surface area contributed by atoms with Crippen molar-refractivity contribution in [3.63, 3.8) is 0 Å². The van der Waals surface area contributed by atoms with Crippen LogP contribution in [0, 0.1) is 5.82 Å². The predicted molar refractivity (Wildman–Crippen MR) is 178 cm³/mol. The molecule has 1 unspecified atom stereocenters. The summed E-state index contributed by atoms with van der Waals surface area (Å²) in [6.45, 7) is 0.418. The molecule has 3 amide bonds. The average Bonchev–Trinajstić information content (AvgIpc) is 3.86. The fourth-order valence-corrected chi connectivity index (χ4v) is 6.37. The van der Waals surface area contributed by atoms with Gasteiger partial charge in [-0.25, -0.2) is 23.1 Å². The molecule has 50 heavy (non-hydrogen) atoms. The number of hydrogen-bond acceptors (Lipinski definition) is 10. The van der Waals surface area contributed by atoms with E-state index in [-0.39, 0.29) is 67.8 Å². The maximum Gasteiger partial charge on any atom is 0.411 e. The molecule has 1 fully saturated rings. The number of hydrogen-bond donors (Lipinski definition) is 4. The standard InChI is InChI=1S/C34H36FN3O11S/c1-50(44,45)38(13-14-46-15-16-47-17-18-48-31(33(40)37-43)22-5-3-2-4-6-22)27-20-28-26(19-25(27)21-7-8-21)29(32(39)36-34(41)42)30(49-28)23-9-11-24(35)12-10-23/h2-6,9-12,19-21,31,43H,7-8,13-18H2,1H3,(H,36,39)(H,37,40)(H,41,42). The number of nitrogens with zero attached hydrogens (tertiary/aromatic N) is 1. The SMILES string of the molecule is CS(=O)(=O)N(CCOCCOCCOC(C(=O)NO)c1ccccc1)c1cc2oc(-c3ccc(F)cc3)c(C(=O)NC(=O)O)c2cc1C1CC1. The van der Waals surface area contributed by atoms with Gasteiger partial charge >= 0.3 is 6.09 Å². The molecule has 14 nitrogen and oxygen atoms in total. The normalized spacial score (nSPS) is 13.6. The molecule has 0 radical (unpaired) electrons. The summed E-state index contributed by atoms with van der Waals surface area (Å²) >= 11 is 0. The van der Waals surface area contributed by atoms with E-state index in [1.165, 1.54) is 34.6 Å². The van der Waals surface area contributed by atoms with Crippen LogP contribution >= 0.6 is 0 Å². The molecule has 266 valence electrons. The summed E-state index contributed by atoms with van der Waals surface area (Å²) in [5, 5.41) is 20.4. The highest BCUT2D eigenvalue weighted by Gasteiger charge is 2.33. The Morgan fingerprint density at radius 1 is 0.980 bits per heavy atom. The van der Waals surface area contributed by atoms with E-state index in [0.717, 1.165) is 19.1 Å². The van der Waals surface area contributed by atoms with Gasteiger partial charge in [0.05, 0.1) is 57.1 Å². The summed E-state index contributed by atoms with van der Waals surface area (Å²) in [6.07, 6.45) is 0.0355. The first kappa shape index (κ1) is 36.4. The van der Waals surface area contributed by atoms with Gasteiger partial charge in [0.2, 0.25) is 10.0 Å². The van der Waals surface area contributed by atoms with Gasteiger partial charge in [0.15, 0.2) is 6.10 Å². The molecule has 16 heteroatoms. The summed E-state index contributed by atoms with van der Waals surface area (Å²) < 4.78 is 63.8. The molecule has 1 aliphatic carbocycles. The van der Waals surface area contributed by atoms with Crippen molar-refractivity contribution in [1.29, 1.82) is 0 Å². The number of furan rings is 1. The van der Waals surface area contributed by atoms with Gasteiger partial charge < -0.3 is 23.7 Å². The Morgan fingerprint density at radius 2 is 1.64 bits per heavy atom. The van der Waals surface area contributed by atoms with Gasteiger partial charge in [-0.15, -0.1) is 0 Å². The van der Waals surface area contributed by atoms with E-state index in [4.69, 9.17) is 23.8 Å². The number of hydroxylamine groups is 1. The predicted octanol–water partition coefficient (Wildman–Crippen LogP) is 4.59. The van der Waals surface area contributed by atoms with E-state index in [0.29, 0.717) is 22.4 Å². The number of ether oxygens (including phenoxy) is 3. The summed E-state index contributed by atoms with van der Waals surface area (Å²) in [4.78, 5) is 36.5. The number of benzene rings is 3. The zero-order valence-corrected chi connectivity index (χ0v) is 27.8. The van der Waals surface area contributed by atoms with Crippen molar-refractivity contribution in [2.75, 3.05) is 50.1 Å². The summed E-state index contributed by atoms with van der Waals surface area (Å²) in [5.41, 5.74) is 3.51. The molecule has 5 rings (SSSR count). The molecule has 0 spiro atoms. The summed E-state index contributed by atoms with van der Waals surface area (Å²) in [7, 11) is -3.84. The van der Waals surface area contributed by atoms with Crippen molar-refractivity contribution in [2.24, 2.45) is 0 Å². The molecule has 1 heterocycles. The number of carbonyl (C=O) groups is 3. The van der Waals surface area contributed by atoms with Gasteiger partial charge in [0.25, 0.3) is 11.8 Å². The van der Waals surface area contributed by atoms with Crippen molar-refractivity contribution in [3.8, 4) is 11.3 Å². The van der Waals surface area contributed by atoms with Gasteiger partial charge in [-0.1, -0.05) is 30.3 Å². The number of sulfonamides is 1. The third-order valence-electron chi connectivity index (χ3n) is 7.85. The number of nitrogens with one attached hydrogen (secondary N) is 2.